The zero-order valence-corrected chi connectivity index (χ0v) is 21.3. The molecule has 0 radical (unpaired) electrons. The maximum Gasteiger partial charge on any atom is 0.252 e. The van der Waals surface area contributed by atoms with E-state index in [4.69, 9.17) is 0 Å². The summed E-state index contributed by atoms with van der Waals surface area (Å²) in [6.07, 6.45) is 9.05. The monoisotopic (exact) mass is 488 g/mol. The Morgan fingerprint density at radius 1 is 0.639 bits per heavy atom. The highest BCUT2D eigenvalue weighted by atomic mass is 16.1. The average Bonchev–Trinajstić information content (AvgIpc) is 3.36. The smallest absolute Gasteiger partial charge is 0.252 e. The lowest BCUT2D eigenvalue weighted by atomic mass is 9.96. The molecule has 0 spiro atoms. The number of nitrogens with zero attached hydrogens (tertiary/aromatic N) is 6. The zero-order valence-electron chi connectivity index (χ0n) is 21.3. The van der Waals surface area contributed by atoms with Crippen LogP contribution < -0.4 is 11.1 Å². The number of fused-ring (bicyclic) bond motifs is 2. The molecule has 4 aromatic heterocycles. The Kier molecular flexibility index (Phi) is 6.42. The summed E-state index contributed by atoms with van der Waals surface area (Å²) >= 11 is 0. The van der Waals surface area contributed by atoms with Crippen molar-refractivity contribution in [3.8, 4) is 11.9 Å². The van der Waals surface area contributed by atoms with Crippen LogP contribution in [0, 0.1) is 27.7 Å². The van der Waals surface area contributed by atoms with Gasteiger partial charge in [-0.05, 0) is 90.2 Å². The van der Waals surface area contributed by atoms with Crippen LogP contribution in [0.4, 0.5) is 0 Å². The van der Waals surface area contributed by atoms with E-state index < -0.39 is 0 Å². The lowest BCUT2D eigenvalue weighted by Crippen LogP contribution is -2.14. The van der Waals surface area contributed by atoms with Gasteiger partial charge in [0.15, 0.2) is 0 Å². The Bertz CT molecular complexity index is 1420. The molecule has 6 rings (SSSR count). The minimum Gasteiger partial charge on any atom is -0.291 e. The second-order valence-electron chi connectivity index (χ2n) is 9.68. The van der Waals surface area contributed by atoms with Crippen molar-refractivity contribution in [2.75, 3.05) is 0 Å². The van der Waals surface area contributed by atoms with Gasteiger partial charge < -0.3 is 0 Å². The SMILES string of the molecule is Cc1cc(=O)[nH]c(-n2nc3c(c2C)CCCC3)n1.Cc1cc(=O)[nH]c(-n2nc3c(c2C)CCCC3)n1. The summed E-state index contributed by atoms with van der Waals surface area (Å²) in [6.45, 7) is 7.72. The number of H-pyrrole nitrogens is 2. The molecule has 0 amide bonds. The molecule has 0 aromatic carbocycles. The lowest BCUT2D eigenvalue weighted by molar-refractivity contribution is 0.668. The van der Waals surface area contributed by atoms with Gasteiger partial charge in [0.2, 0.25) is 11.9 Å². The molecule has 2 N–H and O–H groups in total. The van der Waals surface area contributed by atoms with Crippen LogP contribution in [0.25, 0.3) is 11.9 Å². The van der Waals surface area contributed by atoms with Crippen LogP contribution in [0.5, 0.6) is 0 Å². The molecule has 10 nitrogen and oxygen atoms in total. The summed E-state index contributed by atoms with van der Waals surface area (Å²) in [5.74, 6) is 1.04. The molecule has 36 heavy (non-hydrogen) atoms. The topological polar surface area (TPSA) is 127 Å². The fourth-order valence-corrected chi connectivity index (χ4v) is 5.17. The van der Waals surface area contributed by atoms with E-state index in [2.05, 4.69) is 30.1 Å². The van der Waals surface area contributed by atoms with Crippen molar-refractivity contribution in [3.05, 3.63) is 78.1 Å². The summed E-state index contributed by atoms with van der Waals surface area (Å²) in [4.78, 5) is 37.2. The summed E-state index contributed by atoms with van der Waals surface area (Å²) in [5.41, 5.74) is 8.30. The summed E-state index contributed by atoms with van der Waals surface area (Å²) in [6, 6.07) is 2.98. The third-order valence-electron chi connectivity index (χ3n) is 6.94. The Balaban J connectivity index is 0.000000148. The molecule has 10 heteroatoms. The normalized spacial score (nSPS) is 14.6. The molecule has 0 saturated heterocycles. The molecule has 2 aliphatic rings. The van der Waals surface area contributed by atoms with E-state index in [0.29, 0.717) is 23.3 Å². The molecule has 0 atom stereocenters. The number of aromatic amines is 2. The molecule has 0 aliphatic heterocycles. The van der Waals surface area contributed by atoms with Gasteiger partial charge in [0.05, 0.1) is 11.4 Å². The highest BCUT2D eigenvalue weighted by molar-refractivity contribution is 5.33. The standard InChI is InChI=1S/2C13H16N4O/c2*1-8-7-12(18)15-13(14-8)17-9(2)10-5-3-4-6-11(10)16-17/h2*7H,3-6H2,1-2H3,(H,14,15,18). The number of aromatic nitrogens is 8. The van der Waals surface area contributed by atoms with Gasteiger partial charge in [0.1, 0.15) is 0 Å². The molecule has 0 unspecified atom stereocenters. The van der Waals surface area contributed by atoms with Gasteiger partial charge in [-0.3, -0.25) is 19.6 Å². The first-order chi connectivity index (χ1) is 17.3. The molecule has 4 heterocycles. The number of nitrogens with one attached hydrogen (secondary N) is 2. The first-order valence-electron chi connectivity index (χ1n) is 12.6. The van der Waals surface area contributed by atoms with Crippen LogP contribution in [-0.4, -0.2) is 39.5 Å². The number of hydrogen-bond donors (Lipinski definition) is 2. The van der Waals surface area contributed by atoms with E-state index in [1.165, 1.54) is 48.9 Å². The van der Waals surface area contributed by atoms with Gasteiger partial charge in [-0.2, -0.15) is 10.2 Å². The van der Waals surface area contributed by atoms with Crippen molar-refractivity contribution in [1.29, 1.82) is 0 Å². The van der Waals surface area contributed by atoms with Crippen molar-refractivity contribution in [2.24, 2.45) is 0 Å². The molecule has 188 valence electrons. The predicted octanol–water partition coefficient (Wildman–Crippen LogP) is 2.90. The Morgan fingerprint density at radius 3 is 1.39 bits per heavy atom. The number of aryl methyl sites for hydroxylation is 4. The highest BCUT2D eigenvalue weighted by Gasteiger charge is 2.20. The minimum absolute atomic E-state index is 0.134. The quantitative estimate of drug-likeness (QED) is 0.447. The van der Waals surface area contributed by atoms with Crippen LogP contribution in [0.1, 0.15) is 71.0 Å². The van der Waals surface area contributed by atoms with E-state index in [1.54, 1.807) is 9.36 Å². The van der Waals surface area contributed by atoms with Crippen molar-refractivity contribution in [3.63, 3.8) is 0 Å². The van der Waals surface area contributed by atoms with Gasteiger partial charge in [0, 0.05) is 34.9 Å². The van der Waals surface area contributed by atoms with E-state index >= 15 is 0 Å². The van der Waals surface area contributed by atoms with Gasteiger partial charge in [0.25, 0.3) is 11.1 Å². The molecular weight excluding hydrogens is 456 g/mol. The molecular formula is C26H32N8O2. The summed E-state index contributed by atoms with van der Waals surface area (Å²) in [7, 11) is 0. The largest absolute Gasteiger partial charge is 0.291 e. The molecule has 0 bridgehead atoms. The van der Waals surface area contributed by atoms with E-state index in [1.807, 2.05) is 27.7 Å². The number of hydrogen-bond acceptors (Lipinski definition) is 6. The fraction of sp³-hybridized carbons (Fsp3) is 0.462. The second-order valence-corrected chi connectivity index (χ2v) is 9.68. The van der Waals surface area contributed by atoms with Crippen LogP contribution in [0.3, 0.4) is 0 Å². The zero-order chi connectivity index (χ0) is 25.4. The van der Waals surface area contributed by atoms with Gasteiger partial charge in [-0.15, -0.1) is 0 Å². The lowest BCUT2D eigenvalue weighted by Gasteiger charge is -2.08. The van der Waals surface area contributed by atoms with Crippen molar-refractivity contribution >= 4 is 0 Å². The first kappa shape index (κ1) is 23.9. The van der Waals surface area contributed by atoms with E-state index in [-0.39, 0.29) is 11.1 Å². The number of rotatable bonds is 2. The highest BCUT2D eigenvalue weighted by Crippen LogP contribution is 2.25. The maximum atomic E-state index is 11.5. The van der Waals surface area contributed by atoms with Crippen molar-refractivity contribution in [2.45, 2.75) is 79.1 Å². The fourth-order valence-electron chi connectivity index (χ4n) is 5.17. The molecule has 0 fully saturated rings. The van der Waals surface area contributed by atoms with Crippen molar-refractivity contribution < 1.29 is 0 Å². The summed E-state index contributed by atoms with van der Waals surface area (Å²) < 4.78 is 3.54. The van der Waals surface area contributed by atoms with Crippen LogP contribution in [0.2, 0.25) is 0 Å². The van der Waals surface area contributed by atoms with Gasteiger partial charge in [-0.25, -0.2) is 19.3 Å². The third kappa shape index (κ3) is 4.67. The van der Waals surface area contributed by atoms with Gasteiger partial charge >= 0.3 is 0 Å². The van der Waals surface area contributed by atoms with Crippen LogP contribution >= 0.6 is 0 Å². The summed E-state index contributed by atoms with van der Waals surface area (Å²) in [5, 5.41) is 9.17. The molecule has 2 aliphatic carbocycles. The third-order valence-corrected chi connectivity index (χ3v) is 6.94. The first-order valence-corrected chi connectivity index (χ1v) is 12.6. The van der Waals surface area contributed by atoms with E-state index in [0.717, 1.165) is 48.5 Å². The Morgan fingerprint density at radius 2 is 1.03 bits per heavy atom. The average molecular weight is 489 g/mol. The second kappa shape index (κ2) is 9.67. The predicted molar refractivity (Wildman–Crippen MR) is 136 cm³/mol. The molecule has 4 aromatic rings. The Labute approximate surface area is 208 Å². The maximum absolute atomic E-state index is 11.5. The van der Waals surface area contributed by atoms with Gasteiger partial charge in [-0.1, -0.05) is 0 Å². The van der Waals surface area contributed by atoms with Crippen LogP contribution in [-0.2, 0) is 25.7 Å². The van der Waals surface area contributed by atoms with Crippen LogP contribution in [0.15, 0.2) is 21.7 Å². The minimum atomic E-state index is -0.134. The molecule has 0 saturated carbocycles. The van der Waals surface area contributed by atoms with Crippen molar-refractivity contribution in [1.82, 2.24) is 39.5 Å². The van der Waals surface area contributed by atoms with E-state index in [9.17, 15) is 9.59 Å². The Hall–Kier alpha value is -3.82.